The first-order valence-electron chi connectivity index (χ1n) is 1.89. The molecule has 0 aliphatic rings. The van der Waals surface area contributed by atoms with Gasteiger partial charge in [0.2, 0.25) is 0 Å². The lowest BCUT2D eigenvalue weighted by atomic mass is 10.4. The van der Waals surface area contributed by atoms with Crippen LogP contribution in [0, 0.1) is 5.88 Å². The fourth-order valence-corrected chi connectivity index (χ4v) is 0.309. The smallest absolute Gasteiger partial charge is 0.0895 e. The molecule has 37 valence electrons. The molecule has 1 radical (unpaired) electrons. The van der Waals surface area contributed by atoms with Crippen LogP contribution in [0.1, 0.15) is 12.8 Å². The number of rotatable bonds is 3. The summed E-state index contributed by atoms with van der Waals surface area (Å²) in [7, 11) is 0. The lowest BCUT2D eigenvalue weighted by Crippen LogP contribution is -1.71. The zero-order chi connectivity index (χ0) is 4.83. The molecule has 6 heavy (non-hydrogen) atoms. The predicted molar refractivity (Wildman–Crippen MR) is 25.4 cm³/mol. The molecule has 0 atom stereocenters. The highest BCUT2D eigenvalue weighted by atomic mass is 35.5. The van der Waals surface area contributed by atoms with Gasteiger partial charge in [-0.1, -0.05) is 0 Å². The lowest BCUT2D eigenvalue weighted by molar-refractivity contribution is 0.474. The first kappa shape index (κ1) is 6.22. The summed E-state index contributed by atoms with van der Waals surface area (Å²) in [4.78, 5) is 0. The van der Waals surface area contributed by atoms with Crippen molar-refractivity contribution in [3.8, 4) is 0 Å². The zero-order valence-electron chi connectivity index (χ0n) is 3.45. The van der Waals surface area contributed by atoms with Crippen LogP contribution in [0.4, 0.5) is 4.39 Å². The molecule has 0 rings (SSSR count). The fourth-order valence-electron chi connectivity index (χ4n) is 0.154. The average Bonchev–Trinajstić information content (AvgIpc) is 1.61. The SMILES string of the molecule is FCCC[CH]Cl. The fraction of sp³-hybridized carbons (Fsp3) is 0.750. The Balaban J connectivity index is 2.34. The highest BCUT2D eigenvalue weighted by Crippen LogP contribution is 1.95. The first-order valence-corrected chi connectivity index (χ1v) is 2.33. The molecule has 0 saturated carbocycles. The topological polar surface area (TPSA) is 0 Å². The van der Waals surface area contributed by atoms with Gasteiger partial charge in [0, 0.05) is 0 Å². The van der Waals surface area contributed by atoms with E-state index < -0.39 is 0 Å². The number of unbranched alkanes of at least 4 members (excludes halogenated alkanes) is 1. The molecule has 0 aromatic heterocycles. The zero-order valence-corrected chi connectivity index (χ0v) is 4.21. The Bertz CT molecular complexity index is 19.5. The molecule has 0 N–H and O–H groups in total. The summed E-state index contributed by atoms with van der Waals surface area (Å²) in [5.74, 6) is 1.44. The van der Waals surface area contributed by atoms with E-state index in [1.165, 1.54) is 5.88 Å². The van der Waals surface area contributed by atoms with Crippen LogP contribution in [0.3, 0.4) is 0 Å². The van der Waals surface area contributed by atoms with E-state index in [1.54, 1.807) is 0 Å². The van der Waals surface area contributed by atoms with Crippen molar-refractivity contribution in [1.29, 1.82) is 0 Å². The maximum Gasteiger partial charge on any atom is 0.0895 e. The van der Waals surface area contributed by atoms with Crippen LogP contribution in [-0.2, 0) is 0 Å². The molecule has 0 amide bonds. The third-order valence-corrected chi connectivity index (χ3v) is 0.665. The van der Waals surface area contributed by atoms with E-state index in [9.17, 15) is 4.39 Å². The molecular formula is C4H7ClF. The normalized spacial score (nSPS) is 9.00. The molecule has 0 fully saturated rings. The van der Waals surface area contributed by atoms with E-state index in [0.717, 1.165) is 0 Å². The molecule has 0 heterocycles. The van der Waals surface area contributed by atoms with Crippen LogP contribution in [0.25, 0.3) is 0 Å². The highest BCUT2D eigenvalue weighted by molar-refractivity contribution is 6.23. The van der Waals surface area contributed by atoms with Gasteiger partial charge in [0.1, 0.15) is 0 Å². The van der Waals surface area contributed by atoms with Crippen LogP contribution in [-0.4, -0.2) is 6.67 Å². The minimum Gasteiger partial charge on any atom is -0.251 e. The quantitative estimate of drug-likeness (QED) is 0.487. The Kier molecular flexibility index (Phi) is 5.41. The van der Waals surface area contributed by atoms with Crippen LogP contribution >= 0.6 is 11.6 Å². The summed E-state index contributed by atoms with van der Waals surface area (Å²) in [6.45, 7) is -0.261. The largest absolute Gasteiger partial charge is 0.251 e. The van der Waals surface area contributed by atoms with Gasteiger partial charge in [0.05, 0.1) is 12.6 Å². The van der Waals surface area contributed by atoms with E-state index in [1.807, 2.05) is 0 Å². The molecule has 0 aliphatic carbocycles. The summed E-state index contributed by atoms with van der Waals surface area (Å²) in [5, 5.41) is 0. The van der Waals surface area contributed by atoms with Crippen molar-refractivity contribution in [2.45, 2.75) is 12.8 Å². The van der Waals surface area contributed by atoms with Gasteiger partial charge in [0.25, 0.3) is 0 Å². The third-order valence-electron chi connectivity index (χ3n) is 0.447. The predicted octanol–water partition coefficient (Wildman–Crippen LogP) is 2.14. The summed E-state index contributed by atoms with van der Waals surface area (Å²) in [5.41, 5.74) is 0. The molecule has 0 unspecified atom stereocenters. The molecular weight excluding hydrogens is 102 g/mol. The number of alkyl halides is 1. The molecule has 0 aromatic rings. The second-order valence-electron chi connectivity index (χ2n) is 0.986. The molecule has 0 spiro atoms. The van der Waals surface area contributed by atoms with Crippen LogP contribution in [0.2, 0.25) is 0 Å². The van der Waals surface area contributed by atoms with Crippen molar-refractivity contribution < 1.29 is 4.39 Å². The Labute approximate surface area is 42.3 Å². The highest BCUT2D eigenvalue weighted by Gasteiger charge is 1.80. The van der Waals surface area contributed by atoms with E-state index in [-0.39, 0.29) is 6.67 Å². The number of hydrogen-bond donors (Lipinski definition) is 0. The van der Waals surface area contributed by atoms with Gasteiger partial charge in [-0.05, 0) is 12.8 Å². The second-order valence-corrected chi connectivity index (χ2v) is 1.29. The monoisotopic (exact) mass is 109 g/mol. The Morgan fingerprint density at radius 3 is 2.50 bits per heavy atom. The van der Waals surface area contributed by atoms with Crippen molar-refractivity contribution >= 4 is 11.6 Å². The Morgan fingerprint density at radius 1 is 1.67 bits per heavy atom. The molecule has 0 bridgehead atoms. The van der Waals surface area contributed by atoms with E-state index in [0.29, 0.717) is 12.8 Å². The van der Waals surface area contributed by atoms with Gasteiger partial charge in [-0.2, -0.15) is 0 Å². The van der Waals surface area contributed by atoms with Crippen molar-refractivity contribution in [1.82, 2.24) is 0 Å². The summed E-state index contributed by atoms with van der Waals surface area (Å²) >= 11 is 5.09. The maximum absolute atomic E-state index is 11.1. The summed E-state index contributed by atoms with van der Waals surface area (Å²) in [6.07, 6.45) is 1.24. The minimum absolute atomic E-state index is 0.261. The second kappa shape index (κ2) is 5.22. The summed E-state index contributed by atoms with van der Waals surface area (Å²) in [6, 6.07) is 0. The van der Waals surface area contributed by atoms with Gasteiger partial charge in [-0.25, -0.2) is 0 Å². The van der Waals surface area contributed by atoms with Crippen molar-refractivity contribution in [3.63, 3.8) is 0 Å². The van der Waals surface area contributed by atoms with Crippen LogP contribution in [0.15, 0.2) is 0 Å². The molecule has 0 aromatic carbocycles. The van der Waals surface area contributed by atoms with Gasteiger partial charge in [-0.3, -0.25) is 4.39 Å². The lowest BCUT2D eigenvalue weighted by Gasteiger charge is -1.81. The van der Waals surface area contributed by atoms with Crippen molar-refractivity contribution in [3.05, 3.63) is 5.88 Å². The third kappa shape index (κ3) is 4.22. The molecule has 0 saturated heterocycles. The molecule has 0 nitrogen and oxygen atoms in total. The van der Waals surface area contributed by atoms with Gasteiger partial charge >= 0.3 is 0 Å². The van der Waals surface area contributed by atoms with Crippen molar-refractivity contribution in [2.24, 2.45) is 0 Å². The van der Waals surface area contributed by atoms with Gasteiger partial charge in [0.15, 0.2) is 0 Å². The number of hydrogen-bond acceptors (Lipinski definition) is 0. The Hall–Kier alpha value is 0.220. The minimum atomic E-state index is -0.261. The molecule has 2 heteroatoms. The summed E-state index contributed by atoms with van der Waals surface area (Å²) < 4.78 is 11.1. The van der Waals surface area contributed by atoms with Crippen LogP contribution < -0.4 is 0 Å². The van der Waals surface area contributed by atoms with Crippen molar-refractivity contribution in [2.75, 3.05) is 6.67 Å². The first-order chi connectivity index (χ1) is 2.91. The molecule has 0 aliphatic heterocycles. The Morgan fingerprint density at radius 2 is 2.33 bits per heavy atom. The van der Waals surface area contributed by atoms with E-state index in [2.05, 4.69) is 0 Å². The van der Waals surface area contributed by atoms with E-state index in [4.69, 9.17) is 11.6 Å². The van der Waals surface area contributed by atoms with Gasteiger partial charge in [-0.15, -0.1) is 11.6 Å². The van der Waals surface area contributed by atoms with E-state index >= 15 is 0 Å². The van der Waals surface area contributed by atoms with Crippen LogP contribution in [0.5, 0.6) is 0 Å². The van der Waals surface area contributed by atoms with Gasteiger partial charge < -0.3 is 0 Å². The average molecular weight is 110 g/mol. The maximum atomic E-state index is 11.1. The number of halogens is 2. The standard InChI is InChI=1S/C4H7ClF/c5-3-1-2-4-6/h3H,1-2,4H2.